The van der Waals surface area contributed by atoms with E-state index in [1.165, 1.54) is 28.6 Å². The molecule has 1 heterocycles. The lowest BCUT2D eigenvalue weighted by Crippen LogP contribution is -2.42. The van der Waals surface area contributed by atoms with Crippen LogP contribution in [0.1, 0.15) is 25.3 Å². The summed E-state index contributed by atoms with van der Waals surface area (Å²) in [4.78, 5) is 2.49. The van der Waals surface area contributed by atoms with Crippen LogP contribution in [0.25, 0.3) is 0 Å². The van der Waals surface area contributed by atoms with E-state index in [1.807, 2.05) is 0 Å². The van der Waals surface area contributed by atoms with E-state index in [9.17, 15) is 0 Å². The minimum atomic E-state index is 0.708. The molecule has 2 nitrogen and oxygen atoms in total. The Morgan fingerprint density at radius 3 is 2.71 bits per heavy atom. The van der Waals surface area contributed by atoms with Gasteiger partial charge in [-0.15, -0.1) is 0 Å². The smallest absolute Gasteiger partial charge is 0.0513 e. The van der Waals surface area contributed by atoms with Crippen LogP contribution in [-0.2, 0) is 0 Å². The second-order valence-corrected chi connectivity index (χ2v) is 5.63. The Labute approximate surface area is 113 Å². The Bertz CT molecular complexity index is 370. The molecule has 0 aromatic heterocycles. The van der Waals surface area contributed by atoms with Gasteiger partial charge >= 0.3 is 0 Å². The average molecular weight is 297 g/mol. The van der Waals surface area contributed by atoms with Crippen molar-refractivity contribution >= 4 is 21.6 Å². The third-order valence-electron chi connectivity index (χ3n) is 3.43. The molecule has 1 aromatic carbocycles. The monoisotopic (exact) mass is 296 g/mol. The Balaban J connectivity index is 2.02. The van der Waals surface area contributed by atoms with Gasteiger partial charge in [0, 0.05) is 23.6 Å². The summed E-state index contributed by atoms with van der Waals surface area (Å²) < 4.78 is 1.21. The highest BCUT2D eigenvalue weighted by atomic mass is 79.9. The molecule has 1 saturated heterocycles. The van der Waals surface area contributed by atoms with Gasteiger partial charge in [0.25, 0.3) is 0 Å². The number of rotatable bonds is 3. The fourth-order valence-electron chi connectivity index (χ4n) is 2.48. The van der Waals surface area contributed by atoms with Crippen molar-refractivity contribution in [3.63, 3.8) is 0 Å². The first-order valence-electron chi connectivity index (χ1n) is 6.45. The van der Waals surface area contributed by atoms with Crippen LogP contribution in [0.3, 0.4) is 0 Å². The molecule has 3 heteroatoms. The molecule has 0 unspecified atom stereocenters. The van der Waals surface area contributed by atoms with E-state index >= 15 is 0 Å². The summed E-state index contributed by atoms with van der Waals surface area (Å²) in [7, 11) is 0. The molecule has 1 aliphatic rings. The predicted octanol–water partition coefficient (Wildman–Crippen LogP) is 3.34. The summed E-state index contributed by atoms with van der Waals surface area (Å²) in [6.45, 7) is 7.73. The van der Waals surface area contributed by atoms with Crippen molar-refractivity contribution in [2.75, 3.05) is 24.5 Å². The zero-order valence-corrected chi connectivity index (χ0v) is 12.3. The van der Waals surface area contributed by atoms with Gasteiger partial charge in [-0.05, 0) is 59.9 Å². The molecule has 0 atom stereocenters. The Hall–Kier alpha value is -0.540. The molecule has 17 heavy (non-hydrogen) atoms. The predicted molar refractivity (Wildman–Crippen MR) is 77.8 cm³/mol. The topological polar surface area (TPSA) is 15.3 Å². The summed E-state index contributed by atoms with van der Waals surface area (Å²) in [6, 6.07) is 7.29. The fraction of sp³-hybridized carbons (Fsp3) is 0.571. The largest absolute Gasteiger partial charge is 0.370 e. The standard InChI is InChI=1S/C14H21BrN2/c1-3-16-12-6-8-17(9-7-12)14-10-11(2)4-5-13(14)15/h4-5,10,12,16H,3,6-9H2,1-2H3. The number of hydrogen-bond acceptors (Lipinski definition) is 2. The highest BCUT2D eigenvalue weighted by Crippen LogP contribution is 2.29. The Morgan fingerprint density at radius 1 is 1.35 bits per heavy atom. The van der Waals surface area contributed by atoms with Gasteiger partial charge in [-0.25, -0.2) is 0 Å². The van der Waals surface area contributed by atoms with Gasteiger partial charge in [-0.1, -0.05) is 13.0 Å². The summed E-state index contributed by atoms with van der Waals surface area (Å²) in [5, 5.41) is 3.54. The number of benzene rings is 1. The lowest BCUT2D eigenvalue weighted by atomic mass is 10.0. The second-order valence-electron chi connectivity index (χ2n) is 4.77. The van der Waals surface area contributed by atoms with Crippen LogP contribution in [0.15, 0.2) is 22.7 Å². The van der Waals surface area contributed by atoms with Crippen LogP contribution in [0.2, 0.25) is 0 Å². The first-order chi connectivity index (χ1) is 8.20. The Morgan fingerprint density at radius 2 is 2.06 bits per heavy atom. The molecular formula is C14H21BrN2. The fourth-order valence-corrected chi connectivity index (χ4v) is 2.98. The van der Waals surface area contributed by atoms with E-state index in [0.717, 1.165) is 19.6 Å². The summed E-state index contributed by atoms with van der Waals surface area (Å²) in [6.07, 6.45) is 2.49. The number of piperidine rings is 1. The Kier molecular flexibility index (Phi) is 4.46. The van der Waals surface area contributed by atoms with Crippen LogP contribution in [0.4, 0.5) is 5.69 Å². The molecule has 1 N–H and O–H groups in total. The van der Waals surface area contributed by atoms with Crippen LogP contribution in [-0.4, -0.2) is 25.7 Å². The molecule has 0 radical (unpaired) electrons. The first-order valence-corrected chi connectivity index (χ1v) is 7.24. The van der Waals surface area contributed by atoms with Gasteiger partial charge in [0.05, 0.1) is 5.69 Å². The van der Waals surface area contributed by atoms with Crippen molar-refractivity contribution in [1.29, 1.82) is 0 Å². The number of halogens is 1. The molecular weight excluding hydrogens is 276 g/mol. The van der Waals surface area contributed by atoms with Crippen LogP contribution in [0.5, 0.6) is 0 Å². The molecule has 0 spiro atoms. The molecule has 0 amide bonds. The highest BCUT2D eigenvalue weighted by Gasteiger charge is 2.19. The third kappa shape index (κ3) is 3.23. The van der Waals surface area contributed by atoms with Gasteiger partial charge < -0.3 is 10.2 Å². The zero-order valence-electron chi connectivity index (χ0n) is 10.7. The molecule has 1 fully saturated rings. The van der Waals surface area contributed by atoms with E-state index < -0.39 is 0 Å². The third-order valence-corrected chi connectivity index (χ3v) is 4.10. The number of nitrogens with one attached hydrogen (secondary N) is 1. The number of aryl methyl sites for hydroxylation is 1. The van der Waals surface area contributed by atoms with Crippen molar-refractivity contribution in [2.45, 2.75) is 32.7 Å². The van der Waals surface area contributed by atoms with Gasteiger partial charge in [-0.2, -0.15) is 0 Å². The quantitative estimate of drug-likeness (QED) is 0.920. The first kappa shape index (κ1) is 12.9. The van der Waals surface area contributed by atoms with Gasteiger partial charge in [0.2, 0.25) is 0 Å². The van der Waals surface area contributed by atoms with Crippen LogP contribution >= 0.6 is 15.9 Å². The van der Waals surface area contributed by atoms with Gasteiger partial charge in [-0.3, -0.25) is 0 Å². The van der Waals surface area contributed by atoms with Crippen molar-refractivity contribution in [2.24, 2.45) is 0 Å². The van der Waals surface area contributed by atoms with Crippen molar-refractivity contribution in [1.82, 2.24) is 5.32 Å². The van der Waals surface area contributed by atoms with Crippen LogP contribution in [0, 0.1) is 6.92 Å². The molecule has 0 bridgehead atoms. The van der Waals surface area contributed by atoms with E-state index in [4.69, 9.17) is 0 Å². The van der Waals surface area contributed by atoms with Crippen LogP contribution < -0.4 is 10.2 Å². The molecule has 94 valence electrons. The molecule has 1 aromatic rings. The average Bonchev–Trinajstić information content (AvgIpc) is 2.34. The maximum atomic E-state index is 3.65. The number of nitrogens with zero attached hydrogens (tertiary/aromatic N) is 1. The summed E-state index contributed by atoms with van der Waals surface area (Å²) in [5.41, 5.74) is 2.68. The number of hydrogen-bond donors (Lipinski definition) is 1. The maximum absolute atomic E-state index is 3.65. The molecule has 0 saturated carbocycles. The normalized spacial score (nSPS) is 17.5. The van der Waals surface area contributed by atoms with Crippen molar-refractivity contribution < 1.29 is 0 Å². The van der Waals surface area contributed by atoms with Gasteiger partial charge in [0.15, 0.2) is 0 Å². The van der Waals surface area contributed by atoms with Gasteiger partial charge in [0.1, 0.15) is 0 Å². The number of anilines is 1. The van der Waals surface area contributed by atoms with E-state index in [-0.39, 0.29) is 0 Å². The molecule has 1 aliphatic heterocycles. The summed E-state index contributed by atoms with van der Waals surface area (Å²) >= 11 is 3.65. The van der Waals surface area contributed by atoms with E-state index in [2.05, 4.69) is 58.2 Å². The van der Waals surface area contributed by atoms with Crippen molar-refractivity contribution in [3.8, 4) is 0 Å². The van der Waals surface area contributed by atoms with E-state index in [1.54, 1.807) is 0 Å². The lowest BCUT2D eigenvalue weighted by Gasteiger charge is -2.34. The summed E-state index contributed by atoms with van der Waals surface area (Å²) in [5.74, 6) is 0. The lowest BCUT2D eigenvalue weighted by molar-refractivity contribution is 0.423. The zero-order chi connectivity index (χ0) is 12.3. The van der Waals surface area contributed by atoms with Crippen molar-refractivity contribution in [3.05, 3.63) is 28.2 Å². The SMILES string of the molecule is CCNC1CCN(c2cc(C)ccc2Br)CC1. The minimum Gasteiger partial charge on any atom is -0.370 e. The molecule has 2 rings (SSSR count). The maximum Gasteiger partial charge on any atom is 0.0513 e. The second kappa shape index (κ2) is 5.87. The minimum absolute atomic E-state index is 0.708. The molecule has 0 aliphatic carbocycles. The highest BCUT2D eigenvalue weighted by molar-refractivity contribution is 9.10. The van der Waals surface area contributed by atoms with E-state index in [0.29, 0.717) is 6.04 Å².